The standard InChI is InChI=1S/C26H33FO4/c1-16-11-19-6-3-17(2)23(10-9-22-13-21(28)14-25(29)31-22)26(19)24(12-16)30-15-18-4-7-20(27)8-5-18/h3-8,11,16-17,21-24,26,28H,9-10,12-15H2,1-2H3/t16-,17-,21+,22?,23-,24-,26-/m0/s1. The average Bonchev–Trinajstić information content (AvgIpc) is 2.72. The minimum absolute atomic E-state index is 0.0944. The first-order valence-corrected chi connectivity index (χ1v) is 11.5. The predicted octanol–water partition coefficient (Wildman–Crippen LogP) is 4.96. The monoisotopic (exact) mass is 428 g/mol. The number of halogens is 1. The molecule has 31 heavy (non-hydrogen) atoms. The van der Waals surface area contributed by atoms with Crippen LogP contribution in [0.2, 0.25) is 0 Å². The van der Waals surface area contributed by atoms with Gasteiger partial charge in [-0.15, -0.1) is 0 Å². The van der Waals surface area contributed by atoms with E-state index in [1.54, 1.807) is 12.1 Å². The Bertz CT molecular complexity index is 830. The lowest BCUT2D eigenvalue weighted by molar-refractivity contribution is -0.160. The second kappa shape index (κ2) is 9.66. The maximum absolute atomic E-state index is 13.2. The summed E-state index contributed by atoms with van der Waals surface area (Å²) in [7, 11) is 0. The highest BCUT2D eigenvalue weighted by molar-refractivity contribution is 5.70. The Balaban J connectivity index is 1.46. The molecule has 0 saturated carbocycles. The van der Waals surface area contributed by atoms with Gasteiger partial charge in [-0.2, -0.15) is 0 Å². The molecule has 4 rings (SSSR count). The highest BCUT2D eigenvalue weighted by Crippen LogP contribution is 2.45. The zero-order valence-electron chi connectivity index (χ0n) is 18.4. The van der Waals surface area contributed by atoms with Crippen LogP contribution in [0.25, 0.3) is 0 Å². The van der Waals surface area contributed by atoms with E-state index in [2.05, 4.69) is 32.1 Å². The lowest BCUT2D eigenvalue weighted by Gasteiger charge is -2.43. The molecule has 3 aliphatic rings. The van der Waals surface area contributed by atoms with Gasteiger partial charge in [-0.1, -0.05) is 44.2 Å². The number of carbonyl (C=O) groups excluding carboxylic acids is 1. The van der Waals surface area contributed by atoms with Gasteiger partial charge in [0.25, 0.3) is 0 Å². The minimum atomic E-state index is -0.590. The van der Waals surface area contributed by atoms with Crippen molar-refractivity contribution in [2.24, 2.45) is 23.7 Å². The lowest BCUT2D eigenvalue weighted by atomic mass is 9.65. The Hall–Kier alpha value is -1.98. The van der Waals surface area contributed by atoms with Crippen molar-refractivity contribution in [3.63, 3.8) is 0 Å². The number of allylic oxidation sites excluding steroid dienone is 3. The topological polar surface area (TPSA) is 55.8 Å². The van der Waals surface area contributed by atoms with Gasteiger partial charge in [-0.05, 0) is 60.3 Å². The van der Waals surface area contributed by atoms with Crippen LogP contribution in [0.1, 0.15) is 51.5 Å². The van der Waals surface area contributed by atoms with Gasteiger partial charge in [0.1, 0.15) is 11.9 Å². The van der Waals surface area contributed by atoms with Crippen LogP contribution in [0.15, 0.2) is 48.1 Å². The largest absolute Gasteiger partial charge is 0.462 e. The zero-order valence-corrected chi connectivity index (χ0v) is 18.4. The number of carbonyl (C=O) groups is 1. The molecule has 2 aliphatic carbocycles. The van der Waals surface area contributed by atoms with Crippen molar-refractivity contribution in [3.8, 4) is 0 Å². The highest BCUT2D eigenvalue weighted by Gasteiger charge is 2.40. The highest BCUT2D eigenvalue weighted by atomic mass is 19.1. The van der Waals surface area contributed by atoms with Crippen molar-refractivity contribution in [1.82, 2.24) is 0 Å². The number of hydrogen-bond donors (Lipinski definition) is 1. The number of benzene rings is 1. The normalized spacial score (nSPS) is 35.3. The molecular weight excluding hydrogens is 395 g/mol. The Morgan fingerprint density at radius 1 is 1.16 bits per heavy atom. The minimum Gasteiger partial charge on any atom is -0.462 e. The summed E-state index contributed by atoms with van der Waals surface area (Å²) >= 11 is 0. The average molecular weight is 429 g/mol. The fraction of sp³-hybridized carbons (Fsp3) is 0.577. The Kier molecular flexibility index (Phi) is 6.92. The fourth-order valence-corrected chi connectivity index (χ4v) is 5.47. The second-order valence-corrected chi connectivity index (χ2v) is 9.55. The van der Waals surface area contributed by atoms with Gasteiger partial charge in [0.05, 0.1) is 25.2 Å². The number of aliphatic hydroxyl groups excluding tert-OH is 1. The van der Waals surface area contributed by atoms with Gasteiger partial charge in [-0.25, -0.2) is 4.39 Å². The molecule has 168 valence electrons. The van der Waals surface area contributed by atoms with Gasteiger partial charge in [0.2, 0.25) is 0 Å². The molecule has 7 atom stereocenters. The number of cyclic esters (lactones) is 1. The van der Waals surface area contributed by atoms with Crippen LogP contribution in [-0.2, 0) is 20.9 Å². The van der Waals surface area contributed by atoms with Crippen molar-refractivity contribution in [2.75, 3.05) is 0 Å². The number of rotatable bonds is 6. The third-order valence-electron chi connectivity index (χ3n) is 7.03. The van der Waals surface area contributed by atoms with E-state index in [9.17, 15) is 14.3 Å². The first kappa shape index (κ1) is 22.2. The van der Waals surface area contributed by atoms with E-state index in [0.29, 0.717) is 36.7 Å². The molecule has 5 heteroatoms. The van der Waals surface area contributed by atoms with Crippen LogP contribution < -0.4 is 0 Å². The van der Waals surface area contributed by atoms with Gasteiger partial charge in [0.15, 0.2) is 0 Å². The first-order valence-electron chi connectivity index (χ1n) is 11.5. The van der Waals surface area contributed by atoms with Gasteiger partial charge in [-0.3, -0.25) is 4.79 Å². The smallest absolute Gasteiger partial charge is 0.308 e. The molecule has 0 radical (unpaired) electrons. The third kappa shape index (κ3) is 5.45. The van der Waals surface area contributed by atoms with E-state index in [4.69, 9.17) is 9.47 Å². The Morgan fingerprint density at radius 3 is 2.68 bits per heavy atom. The van der Waals surface area contributed by atoms with Crippen molar-refractivity contribution in [3.05, 3.63) is 59.4 Å². The van der Waals surface area contributed by atoms with Crippen molar-refractivity contribution < 1.29 is 23.8 Å². The lowest BCUT2D eigenvalue weighted by Crippen LogP contribution is -2.40. The number of esters is 1. The molecule has 4 nitrogen and oxygen atoms in total. The summed E-state index contributed by atoms with van der Waals surface area (Å²) in [5, 5.41) is 9.93. The zero-order chi connectivity index (χ0) is 22.0. The first-order chi connectivity index (χ1) is 14.9. The number of aliphatic hydroxyl groups is 1. The van der Waals surface area contributed by atoms with Crippen LogP contribution in [0, 0.1) is 29.5 Å². The molecule has 0 amide bonds. The van der Waals surface area contributed by atoms with Gasteiger partial charge < -0.3 is 14.6 Å². The summed E-state index contributed by atoms with van der Waals surface area (Å²) in [5.41, 5.74) is 2.32. The summed E-state index contributed by atoms with van der Waals surface area (Å²) in [4.78, 5) is 11.7. The molecule has 1 saturated heterocycles. The van der Waals surface area contributed by atoms with Crippen LogP contribution in [-0.4, -0.2) is 29.4 Å². The Labute approximate surface area is 184 Å². The molecule has 1 fully saturated rings. The molecular formula is C26H33FO4. The van der Waals surface area contributed by atoms with E-state index in [1.807, 2.05) is 0 Å². The molecule has 1 N–H and O–H groups in total. The van der Waals surface area contributed by atoms with Gasteiger partial charge >= 0.3 is 5.97 Å². The number of fused-ring (bicyclic) bond motifs is 1. The number of ether oxygens (including phenoxy) is 2. The molecule has 0 bridgehead atoms. The van der Waals surface area contributed by atoms with Crippen molar-refractivity contribution >= 4 is 5.97 Å². The van der Waals surface area contributed by atoms with Crippen LogP contribution >= 0.6 is 0 Å². The molecule has 1 aromatic carbocycles. The number of hydrogen-bond acceptors (Lipinski definition) is 4. The second-order valence-electron chi connectivity index (χ2n) is 9.55. The molecule has 0 aromatic heterocycles. The summed E-state index contributed by atoms with van der Waals surface area (Å²) < 4.78 is 25.1. The van der Waals surface area contributed by atoms with E-state index < -0.39 is 6.10 Å². The molecule has 1 unspecified atom stereocenters. The van der Waals surface area contributed by atoms with E-state index in [0.717, 1.165) is 24.8 Å². The van der Waals surface area contributed by atoms with E-state index in [1.165, 1.54) is 17.7 Å². The maximum Gasteiger partial charge on any atom is 0.308 e. The van der Waals surface area contributed by atoms with Crippen LogP contribution in [0.5, 0.6) is 0 Å². The fourth-order valence-electron chi connectivity index (χ4n) is 5.47. The van der Waals surface area contributed by atoms with E-state index in [-0.39, 0.29) is 30.4 Å². The molecule has 1 heterocycles. The summed E-state index contributed by atoms with van der Waals surface area (Å²) in [6, 6.07) is 6.51. The maximum atomic E-state index is 13.2. The predicted molar refractivity (Wildman–Crippen MR) is 116 cm³/mol. The summed E-state index contributed by atoms with van der Waals surface area (Å²) in [6.07, 6.45) is 9.46. The van der Waals surface area contributed by atoms with Crippen LogP contribution in [0.3, 0.4) is 0 Å². The summed E-state index contributed by atoms with van der Waals surface area (Å²) in [5.74, 6) is 0.989. The van der Waals surface area contributed by atoms with Crippen LogP contribution in [0.4, 0.5) is 4.39 Å². The van der Waals surface area contributed by atoms with E-state index >= 15 is 0 Å². The third-order valence-corrected chi connectivity index (χ3v) is 7.03. The molecule has 1 aliphatic heterocycles. The molecule has 1 aromatic rings. The van der Waals surface area contributed by atoms with Gasteiger partial charge in [0, 0.05) is 12.3 Å². The SMILES string of the molecule is C[C@H]1C=C2C=C[C@H](C)[C@H](CCC3C[C@@H](O)CC(=O)O3)[C@H]2[C@@H](OCc2ccc(F)cc2)C1. The quantitative estimate of drug-likeness (QED) is 0.651. The van der Waals surface area contributed by atoms with Crippen molar-refractivity contribution in [2.45, 2.75) is 70.9 Å². The van der Waals surface area contributed by atoms with Crippen molar-refractivity contribution in [1.29, 1.82) is 0 Å². The molecule has 0 spiro atoms. The Morgan fingerprint density at radius 2 is 1.94 bits per heavy atom. The summed E-state index contributed by atoms with van der Waals surface area (Å²) in [6.45, 7) is 4.94.